The van der Waals surface area contributed by atoms with Crippen molar-refractivity contribution >= 4 is 18.3 Å². The molecule has 1 aromatic rings. The van der Waals surface area contributed by atoms with Crippen molar-refractivity contribution in [1.82, 2.24) is 9.80 Å². The topological polar surface area (TPSA) is 85.4 Å². The number of benzene rings is 1. The van der Waals surface area contributed by atoms with Gasteiger partial charge in [-0.2, -0.15) is 0 Å². The molecule has 0 N–H and O–H groups in total. The van der Waals surface area contributed by atoms with Crippen LogP contribution in [0.25, 0.3) is 0 Å². The van der Waals surface area contributed by atoms with Crippen LogP contribution in [0.2, 0.25) is 0 Å². The van der Waals surface area contributed by atoms with Crippen molar-refractivity contribution in [2.24, 2.45) is 5.92 Å². The molecule has 1 aliphatic rings. The Bertz CT molecular complexity index is 746. The number of carbonyl (C=O) groups is 3. The number of ether oxygens (including phenoxy) is 3. The zero-order valence-corrected chi connectivity index (χ0v) is 20.1. The fraction of sp³-hybridized carbons (Fsp3) is 0.625. The molecule has 3 amide bonds. The fourth-order valence-corrected chi connectivity index (χ4v) is 3.22. The van der Waals surface area contributed by atoms with Crippen LogP contribution < -0.4 is 0 Å². The summed E-state index contributed by atoms with van der Waals surface area (Å²) < 4.78 is 16.2. The van der Waals surface area contributed by atoms with Gasteiger partial charge in [0.1, 0.15) is 17.8 Å². The van der Waals surface area contributed by atoms with Crippen molar-refractivity contribution in [3.05, 3.63) is 35.9 Å². The molecule has 0 spiro atoms. The van der Waals surface area contributed by atoms with Gasteiger partial charge in [-0.15, -0.1) is 0 Å². The van der Waals surface area contributed by atoms with Gasteiger partial charge in [-0.25, -0.2) is 19.3 Å². The van der Waals surface area contributed by atoms with Gasteiger partial charge in [0, 0.05) is 19.6 Å². The standard InChI is InChI=1S/C24H36N2O6/c1-23(2,3)31-21(28)26(22(29)32-24(4,5)6)16-18-12-14-25(15-13-18)20(27)30-17-19-10-8-7-9-11-19/h7-11,18H,12-17H2,1-6H3. The van der Waals surface area contributed by atoms with Crippen molar-refractivity contribution in [3.63, 3.8) is 0 Å². The van der Waals surface area contributed by atoms with Gasteiger partial charge in [0.2, 0.25) is 0 Å². The summed E-state index contributed by atoms with van der Waals surface area (Å²) in [7, 11) is 0. The number of likely N-dealkylation sites (tertiary alicyclic amines) is 1. The average Bonchev–Trinajstić information content (AvgIpc) is 2.68. The number of imide groups is 1. The van der Waals surface area contributed by atoms with Crippen LogP contribution in [0.3, 0.4) is 0 Å². The number of hydrogen-bond acceptors (Lipinski definition) is 6. The van der Waals surface area contributed by atoms with E-state index in [1.54, 1.807) is 46.4 Å². The first-order valence-corrected chi connectivity index (χ1v) is 11.0. The molecule has 1 fully saturated rings. The van der Waals surface area contributed by atoms with Crippen LogP contribution in [-0.4, -0.2) is 58.9 Å². The first-order chi connectivity index (χ1) is 14.8. The summed E-state index contributed by atoms with van der Waals surface area (Å²) in [5, 5.41) is 0. The van der Waals surface area contributed by atoms with Gasteiger partial charge in [0.25, 0.3) is 0 Å². The SMILES string of the molecule is CC(C)(C)OC(=O)N(CC1CCN(C(=O)OCc2ccccc2)CC1)C(=O)OC(C)(C)C. The smallest absolute Gasteiger partial charge is 0.419 e. The predicted molar refractivity (Wildman–Crippen MR) is 120 cm³/mol. The van der Waals surface area contributed by atoms with Crippen LogP contribution in [0.1, 0.15) is 59.9 Å². The summed E-state index contributed by atoms with van der Waals surface area (Å²) in [5.74, 6) is 0.0354. The lowest BCUT2D eigenvalue weighted by Crippen LogP contribution is -2.48. The summed E-state index contributed by atoms with van der Waals surface area (Å²) in [6.07, 6.45) is -0.526. The molecule has 1 heterocycles. The van der Waals surface area contributed by atoms with Gasteiger partial charge in [-0.05, 0) is 65.9 Å². The molecule has 8 nitrogen and oxygen atoms in total. The summed E-state index contributed by atoms with van der Waals surface area (Å²) in [6, 6.07) is 9.52. The van der Waals surface area contributed by atoms with E-state index >= 15 is 0 Å². The molecule has 0 radical (unpaired) electrons. The van der Waals surface area contributed by atoms with Gasteiger partial charge < -0.3 is 19.1 Å². The van der Waals surface area contributed by atoms with E-state index in [-0.39, 0.29) is 25.2 Å². The highest BCUT2D eigenvalue weighted by atomic mass is 16.6. The molecule has 0 bridgehead atoms. The Hall–Kier alpha value is -2.77. The number of amides is 3. The molecule has 178 valence electrons. The van der Waals surface area contributed by atoms with Crippen LogP contribution in [0.15, 0.2) is 30.3 Å². The Kier molecular flexibility index (Phi) is 8.52. The molecule has 1 aliphatic heterocycles. The van der Waals surface area contributed by atoms with E-state index in [0.717, 1.165) is 10.5 Å². The maximum atomic E-state index is 12.7. The van der Waals surface area contributed by atoms with Crippen LogP contribution in [0.5, 0.6) is 0 Å². The van der Waals surface area contributed by atoms with E-state index in [2.05, 4.69) is 0 Å². The summed E-state index contributed by atoms with van der Waals surface area (Å²) >= 11 is 0. The van der Waals surface area contributed by atoms with Crippen LogP contribution in [0, 0.1) is 5.92 Å². The average molecular weight is 449 g/mol. The second kappa shape index (κ2) is 10.7. The summed E-state index contributed by atoms with van der Waals surface area (Å²) in [5.41, 5.74) is -0.534. The van der Waals surface area contributed by atoms with Crippen LogP contribution in [-0.2, 0) is 20.8 Å². The zero-order chi connectivity index (χ0) is 23.9. The Labute approximate surface area is 190 Å². The molecule has 32 heavy (non-hydrogen) atoms. The van der Waals surface area contributed by atoms with Gasteiger partial charge in [0.05, 0.1) is 0 Å². The summed E-state index contributed by atoms with van der Waals surface area (Å²) in [4.78, 5) is 40.4. The fourth-order valence-electron chi connectivity index (χ4n) is 3.22. The van der Waals surface area contributed by atoms with Gasteiger partial charge in [-0.1, -0.05) is 30.3 Å². The Morgan fingerprint density at radius 3 is 1.88 bits per heavy atom. The van der Waals surface area contributed by atoms with E-state index in [0.29, 0.717) is 25.9 Å². The van der Waals surface area contributed by atoms with Crippen molar-refractivity contribution in [2.75, 3.05) is 19.6 Å². The molecule has 0 unspecified atom stereocenters. The third-order valence-electron chi connectivity index (χ3n) is 4.75. The molecular weight excluding hydrogens is 412 g/mol. The molecule has 1 saturated heterocycles. The lowest BCUT2D eigenvalue weighted by Gasteiger charge is -2.34. The van der Waals surface area contributed by atoms with Crippen molar-refractivity contribution in [2.45, 2.75) is 72.2 Å². The molecule has 0 aromatic heterocycles. The lowest BCUT2D eigenvalue weighted by atomic mass is 9.96. The van der Waals surface area contributed by atoms with E-state index in [1.807, 2.05) is 30.3 Å². The number of rotatable bonds is 4. The third kappa shape index (κ3) is 8.77. The predicted octanol–water partition coefficient (Wildman–Crippen LogP) is 5.21. The monoisotopic (exact) mass is 448 g/mol. The Morgan fingerprint density at radius 2 is 1.41 bits per heavy atom. The molecule has 2 rings (SSSR count). The third-order valence-corrected chi connectivity index (χ3v) is 4.75. The molecule has 0 aliphatic carbocycles. The van der Waals surface area contributed by atoms with Crippen LogP contribution in [0.4, 0.5) is 14.4 Å². The van der Waals surface area contributed by atoms with Gasteiger partial charge in [0.15, 0.2) is 0 Å². The largest absolute Gasteiger partial charge is 0.445 e. The molecule has 1 aromatic carbocycles. The minimum absolute atomic E-state index is 0.0354. The minimum Gasteiger partial charge on any atom is -0.445 e. The van der Waals surface area contributed by atoms with Crippen molar-refractivity contribution in [3.8, 4) is 0 Å². The molecular formula is C24H36N2O6. The highest BCUT2D eigenvalue weighted by molar-refractivity contribution is 5.88. The first kappa shape index (κ1) is 25.5. The Balaban J connectivity index is 1.91. The second-order valence-electron chi connectivity index (χ2n) is 10.0. The number of nitrogens with zero attached hydrogens (tertiary/aromatic N) is 2. The summed E-state index contributed by atoms with van der Waals surface area (Å²) in [6.45, 7) is 11.9. The van der Waals surface area contributed by atoms with E-state index in [1.165, 1.54) is 0 Å². The van der Waals surface area contributed by atoms with Crippen LogP contribution >= 0.6 is 0 Å². The maximum absolute atomic E-state index is 12.7. The van der Waals surface area contributed by atoms with Crippen molar-refractivity contribution < 1.29 is 28.6 Å². The lowest BCUT2D eigenvalue weighted by molar-refractivity contribution is -0.00384. The number of carbonyl (C=O) groups excluding carboxylic acids is 3. The normalized spacial score (nSPS) is 15.1. The molecule has 0 saturated carbocycles. The van der Waals surface area contributed by atoms with E-state index in [4.69, 9.17) is 14.2 Å². The Morgan fingerprint density at radius 1 is 0.906 bits per heavy atom. The first-order valence-electron chi connectivity index (χ1n) is 11.0. The second-order valence-corrected chi connectivity index (χ2v) is 10.0. The highest BCUT2D eigenvalue weighted by Crippen LogP contribution is 2.22. The maximum Gasteiger partial charge on any atom is 0.419 e. The number of piperidine rings is 1. The molecule has 8 heteroatoms. The minimum atomic E-state index is -0.733. The van der Waals surface area contributed by atoms with Gasteiger partial charge >= 0.3 is 18.3 Å². The number of hydrogen-bond donors (Lipinski definition) is 0. The zero-order valence-electron chi connectivity index (χ0n) is 20.1. The van der Waals surface area contributed by atoms with Gasteiger partial charge in [-0.3, -0.25) is 0 Å². The molecule has 0 atom stereocenters. The quantitative estimate of drug-likeness (QED) is 0.588. The van der Waals surface area contributed by atoms with Crippen molar-refractivity contribution in [1.29, 1.82) is 0 Å². The van der Waals surface area contributed by atoms with E-state index in [9.17, 15) is 14.4 Å². The van der Waals surface area contributed by atoms with E-state index < -0.39 is 23.4 Å². The highest BCUT2D eigenvalue weighted by Gasteiger charge is 2.34.